The van der Waals surface area contributed by atoms with E-state index in [0.717, 1.165) is 53.4 Å². The third-order valence-electron chi connectivity index (χ3n) is 6.93. The van der Waals surface area contributed by atoms with Crippen LogP contribution in [0.5, 0.6) is 17.2 Å². The van der Waals surface area contributed by atoms with Crippen LogP contribution in [0.2, 0.25) is 0 Å². The quantitative estimate of drug-likeness (QED) is 0.573. The average Bonchev–Trinajstić information content (AvgIpc) is 3.18. The van der Waals surface area contributed by atoms with E-state index in [4.69, 9.17) is 29.8 Å². The third-order valence-corrected chi connectivity index (χ3v) is 6.93. The molecule has 0 aromatic heterocycles. The summed E-state index contributed by atoms with van der Waals surface area (Å²) in [5, 5.41) is 1.55. The molecule has 3 aliphatic heterocycles. The van der Waals surface area contributed by atoms with E-state index in [9.17, 15) is 0 Å². The van der Waals surface area contributed by atoms with Crippen molar-refractivity contribution in [3.63, 3.8) is 0 Å². The lowest BCUT2D eigenvalue weighted by Crippen LogP contribution is -2.44. The summed E-state index contributed by atoms with van der Waals surface area (Å²) in [6.07, 6.45) is 2.63. The lowest BCUT2D eigenvalue weighted by atomic mass is 9.84. The second-order valence-electron chi connectivity index (χ2n) is 9.33. The van der Waals surface area contributed by atoms with Crippen LogP contribution in [0.3, 0.4) is 0 Å². The first-order chi connectivity index (χ1) is 17.1. The summed E-state index contributed by atoms with van der Waals surface area (Å²) < 4.78 is 18.3. The summed E-state index contributed by atoms with van der Waals surface area (Å²) in [4.78, 5) is 11.1. The van der Waals surface area contributed by atoms with E-state index in [-0.39, 0.29) is 6.10 Å². The van der Waals surface area contributed by atoms with Crippen molar-refractivity contribution in [1.82, 2.24) is 5.06 Å². The molecule has 7 heteroatoms. The molecule has 35 heavy (non-hydrogen) atoms. The Hall–Kier alpha value is -3.55. The SMILES string of the molecule is CN1OC2(CC(C3CCCOC3)Oc3ccc(-c4cccc(Oc5ccccc5)c4)cc32)N=C1N. The van der Waals surface area contributed by atoms with Crippen molar-refractivity contribution in [3.8, 4) is 28.4 Å². The molecule has 1 saturated heterocycles. The van der Waals surface area contributed by atoms with E-state index < -0.39 is 5.72 Å². The van der Waals surface area contributed by atoms with Crippen molar-refractivity contribution in [2.24, 2.45) is 16.6 Å². The molecule has 0 radical (unpaired) electrons. The molecule has 2 N–H and O–H groups in total. The lowest BCUT2D eigenvalue weighted by Gasteiger charge is -2.41. The summed E-state index contributed by atoms with van der Waals surface area (Å²) in [5.74, 6) is 3.01. The molecule has 3 heterocycles. The van der Waals surface area contributed by atoms with Crippen LogP contribution in [0, 0.1) is 5.92 Å². The van der Waals surface area contributed by atoms with Crippen LogP contribution in [0.15, 0.2) is 77.8 Å². The van der Waals surface area contributed by atoms with Crippen LogP contribution in [0.1, 0.15) is 24.8 Å². The van der Waals surface area contributed by atoms with Crippen molar-refractivity contribution in [1.29, 1.82) is 0 Å². The Labute approximate surface area is 205 Å². The Morgan fingerprint density at radius 2 is 1.83 bits per heavy atom. The van der Waals surface area contributed by atoms with Crippen LogP contribution < -0.4 is 15.2 Å². The Bertz CT molecular complexity index is 1240. The second-order valence-corrected chi connectivity index (χ2v) is 9.33. The lowest BCUT2D eigenvalue weighted by molar-refractivity contribution is -0.196. The maximum absolute atomic E-state index is 6.51. The number of aliphatic imine (C=N–C) groups is 1. The van der Waals surface area contributed by atoms with E-state index in [0.29, 0.717) is 24.9 Å². The fraction of sp³-hybridized carbons (Fsp3) is 0.321. The van der Waals surface area contributed by atoms with Gasteiger partial charge in [-0.2, -0.15) is 0 Å². The number of hydrogen-bond acceptors (Lipinski definition) is 7. The van der Waals surface area contributed by atoms with Gasteiger partial charge in [0, 0.05) is 26.0 Å². The average molecular weight is 472 g/mol. The highest BCUT2D eigenvalue weighted by Gasteiger charge is 2.50. The van der Waals surface area contributed by atoms with Crippen LogP contribution in [0.25, 0.3) is 11.1 Å². The molecule has 3 unspecified atom stereocenters. The first kappa shape index (κ1) is 21.9. The monoisotopic (exact) mass is 471 g/mol. The molecule has 1 spiro atoms. The number of nitrogens with two attached hydrogens (primary N) is 1. The van der Waals surface area contributed by atoms with Gasteiger partial charge in [-0.15, -0.1) is 0 Å². The van der Waals surface area contributed by atoms with Crippen molar-refractivity contribution in [3.05, 3.63) is 78.4 Å². The van der Waals surface area contributed by atoms with Gasteiger partial charge in [-0.3, -0.25) is 0 Å². The molecule has 7 nitrogen and oxygen atoms in total. The summed E-state index contributed by atoms with van der Waals surface area (Å²) in [5.41, 5.74) is 8.20. The van der Waals surface area contributed by atoms with Crippen LogP contribution in [0.4, 0.5) is 0 Å². The standard InChI is InChI=1S/C28H29N3O4/c1-31-27(29)30-28(35-31)17-26(21-8-6-14-32-18-21)34-25-13-12-20(16-24(25)28)19-7-5-11-23(15-19)33-22-9-3-2-4-10-22/h2-5,7,9-13,15-16,21,26H,6,8,14,17-18H2,1H3,(H2,29,30). The van der Waals surface area contributed by atoms with E-state index >= 15 is 0 Å². The molecule has 6 rings (SSSR count). The van der Waals surface area contributed by atoms with Gasteiger partial charge in [-0.25, -0.2) is 14.9 Å². The van der Waals surface area contributed by atoms with Gasteiger partial charge in [0.1, 0.15) is 23.4 Å². The Balaban J connectivity index is 1.35. The molecule has 1 fully saturated rings. The zero-order valence-electron chi connectivity index (χ0n) is 19.7. The van der Waals surface area contributed by atoms with E-state index in [1.54, 1.807) is 12.1 Å². The third kappa shape index (κ3) is 4.22. The molecule has 3 aromatic carbocycles. The number of fused-ring (bicyclic) bond motifs is 2. The highest BCUT2D eigenvalue weighted by atomic mass is 16.7. The molecule has 3 aromatic rings. The van der Waals surface area contributed by atoms with Crippen molar-refractivity contribution in [2.45, 2.75) is 31.1 Å². The minimum Gasteiger partial charge on any atom is -0.489 e. The van der Waals surface area contributed by atoms with Gasteiger partial charge in [0.25, 0.3) is 0 Å². The largest absolute Gasteiger partial charge is 0.489 e. The van der Waals surface area contributed by atoms with Gasteiger partial charge in [0.2, 0.25) is 11.7 Å². The van der Waals surface area contributed by atoms with Gasteiger partial charge >= 0.3 is 0 Å². The first-order valence-electron chi connectivity index (χ1n) is 12.1. The maximum Gasteiger partial charge on any atom is 0.221 e. The number of para-hydroxylation sites is 1. The Morgan fingerprint density at radius 1 is 1.00 bits per heavy atom. The van der Waals surface area contributed by atoms with E-state index in [2.05, 4.69) is 18.2 Å². The van der Waals surface area contributed by atoms with E-state index in [1.165, 1.54) is 0 Å². The van der Waals surface area contributed by atoms with Gasteiger partial charge in [-0.05, 0) is 60.4 Å². The number of hydroxylamine groups is 2. The van der Waals surface area contributed by atoms with Crippen molar-refractivity contribution in [2.75, 3.05) is 20.3 Å². The topological polar surface area (TPSA) is 78.5 Å². The summed E-state index contributed by atoms with van der Waals surface area (Å²) >= 11 is 0. The van der Waals surface area contributed by atoms with E-state index in [1.807, 2.05) is 54.6 Å². The van der Waals surface area contributed by atoms with Gasteiger partial charge < -0.3 is 19.9 Å². The number of guanidine groups is 1. The summed E-state index contributed by atoms with van der Waals surface area (Å²) in [6.45, 7) is 1.50. The Kier molecular flexibility index (Phi) is 5.59. The minimum absolute atomic E-state index is 0.0562. The predicted octanol–water partition coefficient (Wildman–Crippen LogP) is 5.07. The van der Waals surface area contributed by atoms with Crippen molar-refractivity contribution >= 4 is 5.96 Å². The maximum atomic E-state index is 6.51. The zero-order chi connectivity index (χ0) is 23.8. The van der Waals surface area contributed by atoms with Gasteiger partial charge in [-0.1, -0.05) is 36.4 Å². The molecule has 0 saturated carbocycles. The van der Waals surface area contributed by atoms with Gasteiger partial charge in [0.05, 0.1) is 12.2 Å². The molecule has 0 amide bonds. The number of rotatable bonds is 4. The van der Waals surface area contributed by atoms with Crippen LogP contribution in [-0.4, -0.2) is 37.4 Å². The predicted molar refractivity (Wildman–Crippen MR) is 133 cm³/mol. The number of ether oxygens (including phenoxy) is 3. The van der Waals surface area contributed by atoms with Crippen LogP contribution >= 0.6 is 0 Å². The highest BCUT2D eigenvalue weighted by Crippen LogP contribution is 2.49. The molecule has 0 aliphatic carbocycles. The molecule has 180 valence electrons. The van der Waals surface area contributed by atoms with Crippen molar-refractivity contribution < 1.29 is 19.0 Å². The number of benzene rings is 3. The molecular weight excluding hydrogens is 442 g/mol. The highest BCUT2D eigenvalue weighted by molar-refractivity contribution is 5.79. The zero-order valence-corrected chi connectivity index (χ0v) is 19.7. The van der Waals surface area contributed by atoms with Gasteiger partial charge in [0.15, 0.2) is 0 Å². The number of nitrogens with zero attached hydrogens (tertiary/aromatic N) is 2. The minimum atomic E-state index is -0.914. The fourth-order valence-electron chi connectivity index (χ4n) is 5.13. The van der Waals surface area contributed by atoms with Crippen LogP contribution in [-0.2, 0) is 15.3 Å². The molecule has 3 atom stereocenters. The number of hydrogen-bond donors (Lipinski definition) is 1. The first-order valence-corrected chi connectivity index (χ1v) is 12.1. The smallest absolute Gasteiger partial charge is 0.221 e. The normalized spacial score (nSPS) is 25.6. The second kappa shape index (κ2) is 8.91. The summed E-state index contributed by atoms with van der Waals surface area (Å²) in [6, 6.07) is 24.0. The molecule has 0 bridgehead atoms. The Morgan fingerprint density at radius 3 is 2.60 bits per heavy atom. The molecular formula is C28H29N3O4. The summed E-state index contributed by atoms with van der Waals surface area (Å²) in [7, 11) is 1.79. The molecule has 3 aliphatic rings. The fourth-order valence-corrected chi connectivity index (χ4v) is 5.13.